The molecule has 1 aliphatic rings. The second-order valence-corrected chi connectivity index (χ2v) is 3.34. The molecule has 0 unspecified atom stereocenters. The van der Waals surface area contributed by atoms with E-state index >= 15 is 0 Å². The second-order valence-electron chi connectivity index (χ2n) is 3.34. The zero-order valence-electron chi connectivity index (χ0n) is 8.58. The predicted octanol–water partition coefficient (Wildman–Crippen LogP) is -0.312. The summed E-state index contributed by atoms with van der Waals surface area (Å²) in [4.78, 5) is 25.6. The van der Waals surface area contributed by atoms with E-state index in [2.05, 4.69) is 16.1 Å². The van der Waals surface area contributed by atoms with Crippen molar-refractivity contribution in [1.82, 2.24) is 10.4 Å². The van der Waals surface area contributed by atoms with Crippen molar-refractivity contribution in [1.29, 1.82) is 0 Å². The number of terminal acetylenes is 1. The third-order valence-corrected chi connectivity index (χ3v) is 2.03. The molecule has 1 heterocycles. The van der Waals surface area contributed by atoms with Crippen LogP contribution in [0.15, 0.2) is 0 Å². The van der Waals surface area contributed by atoms with Gasteiger partial charge in [-0.25, -0.2) is 4.79 Å². The molecule has 0 bridgehead atoms. The molecule has 0 atom stereocenters. The Bertz CT molecular complexity index is 355. The van der Waals surface area contributed by atoms with Gasteiger partial charge in [-0.15, -0.1) is 11.5 Å². The highest BCUT2D eigenvalue weighted by molar-refractivity contribution is 5.80. The number of hydrogen-bond donors (Lipinski definition) is 1. The van der Waals surface area contributed by atoms with Gasteiger partial charge in [-0.3, -0.25) is 4.79 Å². The molecule has 5 nitrogen and oxygen atoms in total. The van der Waals surface area contributed by atoms with E-state index in [1.54, 1.807) is 0 Å². The van der Waals surface area contributed by atoms with E-state index in [9.17, 15) is 22.8 Å². The molecule has 1 N–H and O–H groups in total. The largest absolute Gasteiger partial charge is 0.492 e. The van der Waals surface area contributed by atoms with Crippen LogP contribution in [0.1, 0.15) is 0 Å². The molecule has 0 aromatic rings. The van der Waals surface area contributed by atoms with Gasteiger partial charge in [0, 0.05) is 13.1 Å². The molecule has 1 rings (SSSR count). The van der Waals surface area contributed by atoms with Crippen LogP contribution in [-0.2, 0) is 14.4 Å². The maximum Gasteiger partial charge on any atom is 0.492 e. The lowest BCUT2D eigenvalue weighted by atomic mass is 10.0. The van der Waals surface area contributed by atoms with E-state index in [0.717, 1.165) is 5.06 Å². The van der Waals surface area contributed by atoms with Crippen molar-refractivity contribution < 1.29 is 27.6 Å². The van der Waals surface area contributed by atoms with Crippen molar-refractivity contribution >= 4 is 11.9 Å². The molecule has 94 valence electrons. The first-order valence-electron chi connectivity index (χ1n) is 4.60. The van der Waals surface area contributed by atoms with Crippen LogP contribution in [0.3, 0.4) is 0 Å². The van der Waals surface area contributed by atoms with Gasteiger partial charge in [0.05, 0.1) is 12.5 Å². The summed E-state index contributed by atoms with van der Waals surface area (Å²) >= 11 is 0. The number of nitrogens with one attached hydrogen (secondary N) is 1. The van der Waals surface area contributed by atoms with Gasteiger partial charge in [0.2, 0.25) is 5.91 Å². The molecule has 0 aliphatic carbocycles. The maximum atomic E-state index is 11.8. The van der Waals surface area contributed by atoms with E-state index in [1.165, 1.54) is 0 Å². The van der Waals surface area contributed by atoms with Crippen LogP contribution in [0.2, 0.25) is 0 Å². The number of hydroxylamine groups is 2. The number of carbonyl (C=O) groups is 2. The lowest BCUT2D eigenvalue weighted by Crippen LogP contribution is -2.54. The summed E-state index contributed by atoms with van der Waals surface area (Å²) < 4.78 is 35.4. The highest BCUT2D eigenvalue weighted by Crippen LogP contribution is 2.21. The molecular formula is C9H9F3N2O3. The Labute approximate surface area is 94.8 Å². The van der Waals surface area contributed by atoms with E-state index < -0.39 is 18.1 Å². The van der Waals surface area contributed by atoms with Gasteiger partial charge in [-0.2, -0.15) is 13.2 Å². The summed E-state index contributed by atoms with van der Waals surface area (Å²) in [6.45, 7) is -0.0892. The number of alkyl halides is 3. The zero-order chi connectivity index (χ0) is 13.1. The lowest BCUT2D eigenvalue weighted by Gasteiger charge is -2.35. The molecular weight excluding hydrogens is 241 g/mol. The highest BCUT2D eigenvalue weighted by atomic mass is 19.4. The van der Waals surface area contributed by atoms with Crippen molar-refractivity contribution in [2.24, 2.45) is 5.92 Å². The topological polar surface area (TPSA) is 58.6 Å². The Hall–Kier alpha value is -1.75. The molecule has 17 heavy (non-hydrogen) atoms. The Morgan fingerprint density at radius 3 is 2.53 bits per heavy atom. The Morgan fingerprint density at radius 2 is 2.06 bits per heavy atom. The van der Waals surface area contributed by atoms with Gasteiger partial charge >= 0.3 is 12.1 Å². The SMILES string of the molecule is C#CCNC(=O)C1CN(OC(=O)C(F)(F)F)C1. The Balaban J connectivity index is 2.26. The Kier molecular flexibility index (Phi) is 3.96. The third kappa shape index (κ3) is 3.64. The smallest absolute Gasteiger partial charge is 0.361 e. The lowest BCUT2D eigenvalue weighted by molar-refractivity contribution is -0.257. The van der Waals surface area contributed by atoms with Crippen molar-refractivity contribution in [2.75, 3.05) is 19.6 Å². The molecule has 0 spiro atoms. The quantitative estimate of drug-likeness (QED) is 0.698. The van der Waals surface area contributed by atoms with Gasteiger partial charge in [0.25, 0.3) is 0 Å². The van der Waals surface area contributed by atoms with Crippen LogP contribution in [0.5, 0.6) is 0 Å². The number of amides is 1. The summed E-state index contributed by atoms with van der Waals surface area (Å²) in [6, 6.07) is 0. The van der Waals surface area contributed by atoms with Gasteiger partial charge < -0.3 is 10.2 Å². The number of hydrogen-bond acceptors (Lipinski definition) is 4. The average molecular weight is 250 g/mol. The minimum Gasteiger partial charge on any atom is -0.361 e. The minimum absolute atomic E-state index is 0.0532. The average Bonchev–Trinajstić information content (AvgIpc) is 2.17. The zero-order valence-corrected chi connectivity index (χ0v) is 8.58. The highest BCUT2D eigenvalue weighted by Gasteiger charge is 2.45. The van der Waals surface area contributed by atoms with Crippen molar-refractivity contribution in [3.05, 3.63) is 0 Å². The fourth-order valence-corrected chi connectivity index (χ4v) is 1.13. The molecule has 1 aliphatic heterocycles. The standard InChI is InChI=1S/C9H9F3N2O3/c1-2-3-13-7(15)6-4-14(5-6)17-8(16)9(10,11)12/h1,6H,3-5H2,(H,13,15). The van der Waals surface area contributed by atoms with Crippen LogP contribution in [0.25, 0.3) is 0 Å². The normalized spacial score (nSPS) is 16.8. The second kappa shape index (κ2) is 5.05. The van der Waals surface area contributed by atoms with Gasteiger partial charge in [0.1, 0.15) is 0 Å². The number of halogens is 3. The fourth-order valence-electron chi connectivity index (χ4n) is 1.13. The van der Waals surface area contributed by atoms with E-state index in [4.69, 9.17) is 6.42 Å². The molecule has 0 radical (unpaired) electrons. The Morgan fingerprint density at radius 1 is 1.47 bits per heavy atom. The fraction of sp³-hybridized carbons (Fsp3) is 0.556. The number of nitrogens with zero attached hydrogens (tertiary/aromatic N) is 1. The first-order chi connectivity index (χ1) is 7.84. The van der Waals surface area contributed by atoms with Crippen molar-refractivity contribution in [2.45, 2.75) is 6.18 Å². The molecule has 1 saturated heterocycles. The first-order valence-corrected chi connectivity index (χ1v) is 4.60. The van der Waals surface area contributed by atoms with E-state index in [-0.39, 0.29) is 25.5 Å². The molecule has 8 heteroatoms. The molecule has 0 aromatic carbocycles. The summed E-state index contributed by atoms with van der Waals surface area (Å²) in [5.41, 5.74) is 0. The summed E-state index contributed by atoms with van der Waals surface area (Å²) in [5, 5.41) is 3.15. The van der Waals surface area contributed by atoms with Gasteiger partial charge in [-0.1, -0.05) is 5.92 Å². The van der Waals surface area contributed by atoms with Crippen LogP contribution < -0.4 is 5.32 Å². The number of carbonyl (C=O) groups excluding carboxylic acids is 2. The van der Waals surface area contributed by atoms with Gasteiger partial charge in [0.15, 0.2) is 0 Å². The summed E-state index contributed by atoms with van der Waals surface area (Å²) in [5.74, 6) is -0.989. The monoisotopic (exact) mass is 250 g/mol. The summed E-state index contributed by atoms with van der Waals surface area (Å²) in [7, 11) is 0. The van der Waals surface area contributed by atoms with Crippen molar-refractivity contribution in [3.8, 4) is 12.3 Å². The number of rotatable bonds is 3. The molecule has 1 fully saturated rings. The maximum absolute atomic E-state index is 11.8. The molecule has 1 amide bonds. The molecule has 0 aromatic heterocycles. The third-order valence-electron chi connectivity index (χ3n) is 2.03. The van der Waals surface area contributed by atoms with Crippen LogP contribution in [0, 0.1) is 18.3 Å². The van der Waals surface area contributed by atoms with Crippen LogP contribution >= 0.6 is 0 Å². The van der Waals surface area contributed by atoms with Crippen molar-refractivity contribution in [3.63, 3.8) is 0 Å². The van der Waals surface area contributed by atoms with E-state index in [0.29, 0.717) is 0 Å². The van der Waals surface area contributed by atoms with Crippen LogP contribution in [-0.4, -0.2) is 42.8 Å². The summed E-state index contributed by atoms with van der Waals surface area (Å²) in [6.07, 6.45) is -0.123. The minimum atomic E-state index is -5.03. The van der Waals surface area contributed by atoms with E-state index in [1.807, 2.05) is 0 Å². The first kappa shape index (κ1) is 13.3. The van der Waals surface area contributed by atoms with Crippen LogP contribution in [0.4, 0.5) is 13.2 Å². The van der Waals surface area contributed by atoms with Gasteiger partial charge in [-0.05, 0) is 0 Å². The predicted molar refractivity (Wildman–Crippen MR) is 49.1 cm³/mol. The molecule has 0 saturated carbocycles.